The van der Waals surface area contributed by atoms with Crippen LogP contribution < -0.4 is 16.7 Å². The molecule has 2 atom stereocenters. The number of rotatable bonds is 6. The lowest BCUT2D eigenvalue weighted by Crippen LogP contribution is -2.39. The minimum atomic E-state index is -4.29. The molecule has 1 fully saturated rings. The van der Waals surface area contributed by atoms with Gasteiger partial charge in [-0.3, -0.25) is 13.9 Å². The molecule has 0 spiro atoms. The van der Waals surface area contributed by atoms with Gasteiger partial charge in [0, 0.05) is 24.5 Å². The van der Waals surface area contributed by atoms with Crippen molar-refractivity contribution in [3.05, 3.63) is 31.3 Å². The molecule has 2 aromatic heterocycles. The minimum Gasteiger partial charge on any atom is -0.305 e. The molecule has 0 unspecified atom stereocenters. The lowest BCUT2D eigenvalue weighted by atomic mass is 10.1. The van der Waals surface area contributed by atoms with Crippen molar-refractivity contribution >= 4 is 27.8 Å². The molecule has 0 aromatic carbocycles. The Balaban J connectivity index is 2.11. The summed E-state index contributed by atoms with van der Waals surface area (Å²) in [6.07, 6.45) is -3.17. The van der Waals surface area contributed by atoms with Gasteiger partial charge < -0.3 is 5.43 Å². The maximum absolute atomic E-state index is 13.1. The third-order valence-corrected chi connectivity index (χ3v) is 6.35. The number of nitrogens with zero attached hydrogens (tertiary/aromatic N) is 3. The molecule has 0 aliphatic heterocycles. The van der Waals surface area contributed by atoms with Crippen molar-refractivity contribution in [2.75, 3.05) is 0 Å². The summed E-state index contributed by atoms with van der Waals surface area (Å²) >= 11 is 1.21. The van der Waals surface area contributed by atoms with Crippen LogP contribution in [-0.2, 0) is 6.54 Å². The van der Waals surface area contributed by atoms with Crippen molar-refractivity contribution in [2.45, 2.75) is 78.2 Å². The highest BCUT2D eigenvalue weighted by Gasteiger charge is 2.38. The number of fused-ring (bicyclic) bond motifs is 1. The molecule has 30 heavy (non-hydrogen) atoms. The Kier molecular flexibility index (Phi) is 5.92. The molecule has 166 valence electrons. The van der Waals surface area contributed by atoms with E-state index in [1.165, 1.54) is 20.5 Å². The Morgan fingerprint density at radius 1 is 1.27 bits per heavy atom. The van der Waals surface area contributed by atoms with Crippen LogP contribution in [0.15, 0.2) is 14.7 Å². The summed E-state index contributed by atoms with van der Waals surface area (Å²) in [5.74, 6) is 0.201. The second-order valence-corrected chi connectivity index (χ2v) is 10.0. The van der Waals surface area contributed by atoms with Crippen LogP contribution in [0.3, 0.4) is 0 Å². The van der Waals surface area contributed by atoms with Crippen LogP contribution in [0.2, 0.25) is 0 Å². The third-order valence-electron chi connectivity index (χ3n) is 5.10. The van der Waals surface area contributed by atoms with Gasteiger partial charge in [0.1, 0.15) is 4.83 Å². The monoisotopic (exact) mass is 444 g/mol. The van der Waals surface area contributed by atoms with E-state index in [1.807, 2.05) is 27.7 Å². The topological polar surface area (TPSA) is 68.4 Å². The van der Waals surface area contributed by atoms with E-state index >= 15 is 0 Å². The van der Waals surface area contributed by atoms with E-state index < -0.39 is 18.3 Å². The first-order valence-electron chi connectivity index (χ1n) is 9.95. The third kappa shape index (κ3) is 4.79. The van der Waals surface area contributed by atoms with Crippen LogP contribution in [0.4, 0.5) is 13.2 Å². The molecule has 6 nitrogen and oxygen atoms in total. The van der Waals surface area contributed by atoms with E-state index in [0.29, 0.717) is 20.7 Å². The molecule has 1 N–H and O–H groups in total. The van der Waals surface area contributed by atoms with Gasteiger partial charge in [-0.25, -0.2) is 4.79 Å². The summed E-state index contributed by atoms with van der Waals surface area (Å²) in [4.78, 5) is 27.3. The SMILES string of the molecule is Cc1c(C=NNC(C)(C)C)sc2c1c(=O)n([C@H]1C[C@@H]1C)c(=O)n2CCCC(F)(F)F. The van der Waals surface area contributed by atoms with Gasteiger partial charge in [0.25, 0.3) is 5.56 Å². The lowest BCUT2D eigenvalue weighted by Gasteiger charge is -2.16. The lowest BCUT2D eigenvalue weighted by molar-refractivity contribution is -0.135. The quantitative estimate of drug-likeness (QED) is 0.537. The first-order chi connectivity index (χ1) is 13.8. The summed E-state index contributed by atoms with van der Waals surface area (Å²) in [5, 5.41) is 4.61. The molecule has 2 aromatic rings. The summed E-state index contributed by atoms with van der Waals surface area (Å²) in [6.45, 7) is 9.50. The number of hydrazone groups is 1. The smallest absolute Gasteiger partial charge is 0.305 e. The highest BCUT2D eigenvalue weighted by atomic mass is 32.1. The number of aryl methyl sites for hydroxylation is 2. The van der Waals surface area contributed by atoms with E-state index in [4.69, 9.17) is 0 Å². The average Bonchev–Trinajstić information content (AvgIpc) is 3.20. The Morgan fingerprint density at radius 2 is 1.90 bits per heavy atom. The van der Waals surface area contributed by atoms with Gasteiger partial charge >= 0.3 is 11.9 Å². The standard InChI is InChI=1S/C20H27F3N4O2S/c1-11-9-13(11)27-16(28)15-12(2)14(10-24-25-19(3,4)5)30-17(15)26(18(27)29)8-6-7-20(21,22)23/h10-11,13,25H,6-9H2,1-5H3/t11-,13-/m0/s1. The highest BCUT2D eigenvalue weighted by Crippen LogP contribution is 2.41. The number of hydrogen-bond donors (Lipinski definition) is 1. The second-order valence-electron chi connectivity index (χ2n) is 9.00. The van der Waals surface area contributed by atoms with Gasteiger partial charge in [-0.2, -0.15) is 18.3 Å². The van der Waals surface area contributed by atoms with E-state index in [-0.39, 0.29) is 36.0 Å². The molecule has 2 heterocycles. The predicted molar refractivity (Wildman–Crippen MR) is 114 cm³/mol. The molecule has 0 bridgehead atoms. The molecule has 1 aliphatic carbocycles. The van der Waals surface area contributed by atoms with Gasteiger partial charge in [0.05, 0.1) is 16.5 Å². The Morgan fingerprint density at radius 3 is 2.43 bits per heavy atom. The van der Waals surface area contributed by atoms with E-state index in [2.05, 4.69) is 10.5 Å². The van der Waals surface area contributed by atoms with Crippen molar-refractivity contribution in [1.82, 2.24) is 14.6 Å². The maximum Gasteiger partial charge on any atom is 0.389 e. The average molecular weight is 445 g/mol. The van der Waals surface area contributed by atoms with Crippen LogP contribution in [0.25, 0.3) is 10.2 Å². The zero-order valence-corrected chi connectivity index (χ0v) is 18.6. The first-order valence-corrected chi connectivity index (χ1v) is 10.8. The molecule has 0 radical (unpaired) electrons. The molecule has 3 rings (SSSR count). The van der Waals surface area contributed by atoms with Crippen LogP contribution in [-0.4, -0.2) is 27.1 Å². The van der Waals surface area contributed by atoms with Crippen LogP contribution in [0, 0.1) is 12.8 Å². The van der Waals surface area contributed by atoms with Crippen molar-refractivity contribution in [3.63, 3.8) is 0 Å². The maximum atomic E-state index is 13.1. The molecule has 0 amide bonds. The van der Waals surface area contributed by atoms with Crippen molar-refractivity contribution < 1.29 is 13.2 Å². The van der Waals surface area contributed by atoms with Crippen molar-refractivity contribution in [1.29, 1.82) is 0 Å². The number of aromatic nitrogens is 2. The molecule has 0 saturated heterocycles. The highest BCUT2D eigenvalue weighted by molar-refractivity contribution is 7.20. The second kappa shape index (κ2) is 7.86. The fourth-order valence-corrected chi connectivity index (χ4v) is 4.57. The molecular weight excluding hydrogens is 417 g/mol. The summed E-state index contributed by atoms with van der Waals surface area (Å²) in [7, 11) is 0. The van der Waals surface area contributed by atoms with Gasteiger partial charge in [-0.1, -0.05) is 6.92 Å². The number of thiophene rings is 1. The number of halogens is 3. The van der Waals surface area contributed by atoms with E-state index in [1.54, 1.807) is 13.1 Å². The number of hydrogen-bond acceptors (Lipinski definition) is 5. The van der Waals surface area contributed by atoms with Gasteiger partial charge in [-0.05, 0) is 52.0 Å². The van der Waals surface area contributed by atoms with E-state index in [0.717, 1.165) is 6.42 Å². The Hall–Kier alpha value is -2.10. The summed E-state index contributed by atoms with van der Waals surface area (Å²) in [5.41, 5.74) is 2.53. The molecule has 1 aliphatic rings. The Labute approximate surface area is 176 Å². The number of alkyl halides is 3. The largest absolute Gasteiger partial charge is 0.389 e. The Bertz CT molecular complexity index is 1090. The van der Waals surface area contributed by atoms with Gasteiger partial charge in [0.2, 0.25) is 0 Å². The first kappa shape index (κ1) is 22.6. The fourth-order valence-electron chi connectivity index (χ4n) is 3.38. The van der Waals surface area contributed by atoms with Gasteiger partial charge in [-0.15, -0.1) is 11.3 Å². The predicted octanol–water partition coefficient (Wildman–Crippen LogP) is 4.18. The molecule has 1 saturated carbocycles. The van der Waals surface area contributed by atoms with Crippen molar-refractivity contribution in [2.24, 2.45) is 11.0 Å². The zero-order valence-electron chi connectivity index (χ0n) is 17.8. The van der Waals surface area contributed by atoms with Gasteiger partial charge in [0.15, 0.2) is 0 Å². The minimum absolute atomic E-state index is 0.0903. The molecule has 10 heteroatoms. The van der Waals surface area contributed by atoms with Crippen molar-refractivity contribution in [3.8, 4) is 0 Å². The summed E-state index contributed by atoms with van der Waals surface area (Å²) < 4.78 is 40.5. The van der Waals surface area contributed by atoms with Crippen LogP contribution >= 0.6 is 11.3 Å². The van der Waals surface area contributed by atoms with Crippen LogP contribution in [0.5, 0.6) is 0 Å². The zero-order chi connectivity index (χ0) is 22.4. The normalized spacial score (nSPS) is 19.7. The summed E-state index contributed by atoms with van der Waals surface area (Å²) in [6, 6.07) is -0.192. The number of nitrogens with one attached hydrogen (secondary N) is 1. The molecular formula is C20H27F3N4O2S. The van der Waals surface area contributed by atoms with Crippen LogP contribution in [0.1, 0.15) is 63.4 Å². The van der Waals surface area contributed by atoms with E-state index in [9.17, 15) is 22.8 Å². The fraction of sp³-hybridized carbons (Fsp3) is 0.650.